The van der Waals surface area contributed by atoms with E-state index in [4.69, 9.17) is 15.9 Å². The Kier molecular flexibility index (Phi) is 4.17. The average Bonchev–Trinajstić information content (AvgIpc) is 3.46. The van der Waals surface area contributed by atoms with E-state index < -0.39 is 5.41 Å². The van der Waals surface area contributed by atoms with Gasteiger partial charge in [-0.1, -0.05) is 19.1 Å². The highest BCUT2D eigenvalue weighted by Crippen LogP contribution is 2.49. The topological polar surface area (TPSA) is 102 Å². The summed E-state index contributed by atoms with van der Waals surface area (Å²) >= 11 is 0. The average molecular weight is 403 g/mol. The Balaban J connectivity index is 1.64. The van der Waals surface area contributed by atoms with Crippen molar-refractivity contribution in [2.24, 2.45) is 5.92 Å². The summed E-state index contributed by atoms with van der Waals surface area (Å²) < 4.78 is 1.51. The van der Waals surface area contributed by atoms with Crippen LogP contribution in [-0.4, -0.2) is 38.9 Å². The molecule has 30 heavy (non-hydrogen) atoms. The van der Waals surface area contributed by atoms with E-state index in [2.05, 4.69) is 11.9 Å². The Morgan fingerprint density at radius 2 is 2.10 bits per heavy atom. The quantitative estimate of drug-likeness (QED) is 0.447. The number of hydrogen-bond acceptors (Lipinski definition) is 4. The van der Waals surface area contributed by atoms with Crippen molar-refractivity contribution in [3.05, 3.63) is 58.1 Å². The monoisotopic (exact) mass is 402 g/mol. The number of likely N-dealkylation sites (N-methyl/N-ethyl adjacent to an activating group) is 1. The minimum Gasteiger partial charge on any atom is -0.357 e. The fraction of sp³-hybridized carbons (Fsp3) is 0.391. The number of aromatic amines is 1. The predicted octanol–water partition coefficient (Wildman–Crippen LogP) is 3.78. The van der Waals surface area contributed by atoms with Crippen molar-refractivity contribution in [2.45, 2.75) is 43.9 Å². The van der Waals surface area contributed by atoms with Gasteiger partial charge in [-0.2, -0.15) is 9.78 Å². The second-order valence-electron chi connectivity index (χ2n) is 8.88. The zero-order chi connectivity index (χ0) is 21.0. The van der Waals surface area contributed by atoms with Gasteiger partial charge in [-0.25, -0.2) is 0 Å². The smallest absolute Gasteiger partial charge is 0.295 e. The lowest BCUT2D eigenvalue weighted by Gasteiger charge is -2.48. The van der Waals surface area contributed by atoms with Crippen molar-refractivity contribution in [1.29, 1.82) is 10.8 Å². The maximum Gasteiger partial charge on any atom is 0.295 e. The molecular formula is C23H26N6O. The van der Waals surface area contributed by atoms with Gasteiger partial charge in [0.25, 0.3) is 5.56 Å². The molecule has 0 bridgehead atoms. The second kappa shape index (κ2) is 6.65. The lowest BCUT2D eigenvalue weighted by atomic mass is 9.58. The van der Waals surface area contributed by atoms with Gasteiger partial charge < -0.3 is 9.88 Å². The molecule has 2 aromatic heterocycles. The Morgan fingerprint density at radius 1 is 1.33 bits per heavy atom. The molecule has 0 unspecified atom stereocenters. The van der Waals surface area contributed by atoms with Gasteiger partial charge in [-0.05, 0) is 55.4 Å². The van der Waals surface area contributed by atoms with Crippen molar-refractivity contribution >= 4 is 23.1 Å². The maximum atomic E-state index is 13.2. The fourth-order valence-electron chi connectivity index (χ4n) is 4.94. The molecule has 2 saturated carbocycles. The number of rotatable bonds is 5. The number of nitrogens with one attached hydrogen (secondary N) is 3. The standard InChI is InChI=1S/C23H26N6O/c1-14-11-23(12-14,22(25)28(2)13-24)16-4-3-5-17(10-16)29-21(30)20-18(8-9-26-20)19(27-29)15-6-7-15/h3-5,8-10,13-15,24-26H,6-7,11-12H2,1-2H3. The van der Waals surface area contributed by atoms with E-state index >= 15 is 0 Å². The third-order valence-electron chi connectivity index (χ3n) is 6.64. The van der Waals surface area contributed by atoms with Gasteiger partial charge in [0, 0.05) is 24.5 Å². The summed E-state index contributed by atoms with van der Waals surface area (Å²) in [7, 11) is 1.75. The highest BCUT2D eigenvalue weighted by Gasteiger charge is 2.48. The predicted molar refractivity (Wildman–Crippen MR) is 118 cm³/mol. The Bertz CT molecular complexity index is 1210. The Morgan fingerprint density at radius 3 is 2.77 bits per heavy atom. The summed E-state index contributed by atoms with van der Waals surface area (Å²) in [6.07, 6.45) is 6.93. The van der Waals surface area contributed by atoms with E-state index in [0.29, 0.717) is 23.2 Å². The van der Waals surface area contributed by atoms with Crippen LogP contribution in [0.4, 0.5) is 0 Å². The molecule has 1 aromatic carbocycles. The summed E-state index contributed by atoms with van der Waals surface area (Å²) in [4.78, 5) is 17.8. The molecule has 0 aliphatic heterocycles. The molecule has 0 radical (unpaired) electrons. The van der Waals surface area contributed by atoms with Crippen LogP contribution in [0.25, 0.3) is 16.6 Å². The summed E-state index contributed by atoms with van der Waals surface area (Å²) in [6, 6.07) is 9.82. The molecule has 154 valence electrons. The van der Waals surface area contributed by atoms with Gasteiger partial charge in [0.2, 0.25) is 0 Å². The lowest BCUT2D eigenvalue weighted by molar-refractivity contribution is 0.217. The summed E-state index contributed by atoms with van der Waals surface area (Å²) in [5.41, 5.74) is 2.73. The van der Waals surface area contributed by atoms with Crippen molar-refractivity contribution in [1.82, 2.24) is 19.7 Å². The van der Waals surface area contributed by atoms with Crippen molar-refractivity contribution in [3.63, 3.8) is 0 Å². The van der Waals surface area contributed by atoms with Crippen LogP contribution < -0.4 is 5.56 Å². The molecule has 3 aromatic rings. The fourth-order valence-corrected chi connectivity index (χ4v) is 4.94. The van der Waals surface area contributed by atoms with Crippen LogP contribution in [-0.2, 0) is 5.41 Å². The summed E-state index contributed by atoms with van der Waals surface area (Å²) in [5, 5.41) is 22.0. The van der Waals surface area contributed by atoms with Gasteiger partial charge in [0.15, 0.2) is 0 Å². The largest absolute Gasteiger partial charge is 0.357 e. The lowest BCUT2D eigenvalue weighted by Crippen LogP contribution is -2.52. The molecule has 0 amide bonds. The molecule has 2 aliphatic carbocycles. The maximum absolute atomic E-state index is 13.2. The van der Waals surface area contributed by atoms with E-state index in [1.807, 2.05) is 30.3 Å². The van der Waals surface area contributed by atoms with Gasteiger partial charge in [0.1, 0.15) is 11.4 Å². The van der Waals surface area contributed by atoms with Crippen molar-refractivity contribution < 1.29 is 0 Å². The third-order valence-corrected chi connectivity index (χ3v) is 6.64. The molecule has 2 fully saturated rings. The Labute approximate surface area is 174 Å². The number of fused-ring (bicyclic) bond motifs is 1. The molecule has 0 atom stereocenters. The zero-order valence-corrected chi connectivity index (χ0v) is 17.3. The molecule has 7 heteroatoms. The summed E-state index contributed by atoms with van der Waals surface area (Å²) in [6.45, 7) is 2.19. The van der Waals surface area contributed by atoms with Crippen molar-refractivity contribution in [2.75, 3.05) is 7.05 Å². The molecule has 0 spiro atoms. The van der Waals surface area contributed by atoms with E-state index in [1.54, 1.807) is 18.1 Å². The van der Waals surface area contributed by atoms with Gasteiger partial charge in [-0.15, -0.1) is 0 Å². The zero-order valence-electron chi connectivity index (χ0n) is 17.3. The van der Waals surface area contributed by atoms with Crippen LogP contribution in [0.15, 0.2) is 41.3 Å². The normalized spacial score (nSPS) is 23.2. The van der Waals surface area contributed by atoms with E-state index in [9.17, 15) is 4.79 Å². The van der Waals surface area contributed by atoms with E-state index in [-0.39, 0.29) is 5.56 Å². The van der Waals surface area contributed by atoms with E-state index in [1.165, 1.54) is 11.0 Å². The highest BCUT2D eigenvalue weighted by atomic mass is 16.1. The van der Waals surface area contributed by atoms with Crippen LogP contribution in [0.1, 0.15) is 49.8 Å². The highest BCUT2D eigenvalue weighted by molar-refractivity contribution is 5.98. The van der Waals surface area contributed by atoms with Crippen LogP contribution in [0, 0.1) is 16.7 Å². The van der Waals surface area contributed by atoms with E-state index in [0.717, 1.165) is 48.0 Å². The van der Waals surface area contributed by atoms with Crippen molar-refractivity contribution in [3.8, 4) is 5.69 Å². The number of nitrogens with zero attached hydrogens (tertiary/aromatic N) is 3. The van der Waals surface area contributed by atoms with Crippen LogP contribution >= 0.6 is 0 Å². The number of hydrogen-bond donors (Lipinski definition) is 3. The van der Waals surface area contributed by atoms with Crippen LogP contribution in [0.3, 0.4) is 0 Å². The van der Waals surface area contributed by atoms with Gasteiger partial charge >= 0.3 is 0 Å². The first-order valence-corrected chi connectivity index (χ1v) is 10.5. The SMILES string of the molecule is CC1CC(C(=N)N(C)C=N)(c2cccc(-n3nc(C4CC4)c4cc[nH]c4c3=O)c2)C1. The van der Waals surface area contributed by atoms with Crippen LogP contribution in [0.5, 0.6) is 0 Å². The minimum absolute atomic E-state index is 0.153. The molecule has 5 rings (SSSR count). The van der Waals surface area contributed by atoms with Gasteiger partial charge in [0.05, 0.1) is 23.1 Å². The number of H-pyrrole nitrogens is 1. The molecule has 0 saturated heterocycles. The second-order valence-corrected chi connectivity index (χ2v) is 8.88. The number of benzene rings is 1. The first kappa shape index (κ1) is 18.8. The third kappa shape index (κ3) is 2.72. The number of amidine groups is 1. The first-order valence-electron chi connectivity index (χ1n) is 10.5. The molecule has 3 N–H and O–H groups in total. The number of aromatic nitrogens is 3. The Hall–Kier alpha value is -3.22. The summed E-state index contributed by atoms with van der Waals surface area (Å²) in [5.74, 6) is 1.36. The minimum atomic E-state index is -0.429. The van der Waals surface area contributed by atoms with Crippen LogP contribution in [0.2, 0.25) is 0 Å². The molecule has 2 heterocycles. The first-order chi connectivity index (χ1) is 14.4. The molecule has 2 aliphatic rings. The molecular weight excluding hydrogens is 376 g/mol. The molecule has 7 nitrogen and oxygen atoms in total. The van der Waals surface area contributed by atoms with Gasteiger partial charge in [-0.3, -0.25) is 15.6 Å².